The Labute approximate surface area is 136 Å². The van der Waals surface area contributed by atoms with Gasteiger partial charge in [-0.25, -0.2) is 0 Å². The number of benzene rings is 1. The topological polar surface area (TPSA) is 26.3 Å². The van der Waals surface area contributed by atoms with E-state index in [1.165, 1.54) is 16.7 Å². The summed E-state index contributed by atoms with van der Waals surface area (Å²) >= 11 is 0. The molecule has 0 heterocycles. The summed E-state index contributed by atoms with van der Waals surface area (Å²) in [5, 5.41) is 0. The molecule has 0 aliphatic carbocycles. The van der Waals surface area contributed by atoms with Crippen LogP contribution in [-0.4, -0.2) is 12.4 Å². The van der Waals surface area contributed by atoms with Crippen LogP contribution in [0.3, 0.4) is 0 Å². The van der Waals surface area contributed by atoms with Crippen LogP contribution < -0.4 is 4.74 Å². The molecule has 0 amide bonds. The molecular weight excluding hydrogens is 272 g/mol. The van der Waals surface area contributed by atoms with Crippen LogP contribution in [0.5, 0.6) is 5.75 Å². The van der Waals surface area contributed by atoms with Gasteiger partial charge in [0.2, 0.25) is 0 Å². The molecule has 0 saturated heterocycles. The first-order chi connectivity index (χ1) is 10.4. The van der Waals surface area contributed by atoms with Gasteiger partial charge in [-0.05, 0) is 49.7 Å². The van der Waals surface area contributed by atoms with Crippen LogP contribution in [0.15, 0.2) is 12.1 Å². The molecule has 0 fully saturated rings. The van der Waals surface area contributed by atoms with E-state index in [1.807, 2.05) is 6.92 Å². The summed E-state index contributed by atoms with van der Waals surface area (Å²) in [5.74, 6) is 2.30. The normalized spacial score (nSPS) is 12.5. The van der Waals surface area contributed by atoms with Gasteiger partial charge < -0.3 is 4.74 Å². The number of Topliss-reactive ketones (excluding diaryl/α,β-unsaturated/α-hetero) is 1. The van der Waals surface area contributed by atoms with Crippen LogP contribution in [0, 0.1) is 19.8 Å². The second-order valence-electron chi connectivity index (χ2n) is 6.74. The first kappa shape index (κ1) is 18.7. The van der Waals surface area contributed by atoms with Crippen molar-refractivity contribution in [3.05, 3.63) is 28.8 Å². The maximum atomic E-state index is 11.7. The van der Waals surface area contributed by atoms with Crippen molar-refractivity contribution in [2.45, 2.75) is 73.1 Å². The average molecular weight is 304 g/mol. The van der Waals surface area contributed by atoms with Crippen molar-refractivity contribution in [2.75, 3.05) is 6.61 Å². The molecule has 2 nitrogen and oxygen atoms in total. The van der Waals surface area contributed by atoms with Gasteiger partial charge in [0, 0.05) is 12.8 Å². The molecule has 0 bridgehead atoms. The van der Waals surface area contributed by atoms with Crippen LogP contribution in [0.2, 0.25) is 0 Å². The predicted molar refractivity (Wildman–Crippen MR) is 93.8 cm³/mol. The van der Waals surface area contributed by atoms with Crippen molar-refractivity contribution in [2.24, 2.45) is 5.92 Å². The van der Waals surface area contributed by atoms with Crippen LogP contribution in [0.1, 0.15) is 76.0 Å². The lowest BCUT2D eigenvalue weighted by molar-refractivity contribution is -0.118. The SMILES string of the molecule is CCC(=O)CCC(CC)c1cc(C)cc(C)c1OCC(C)C. The van der Waals surface area contributed by atoms with E-state index >= 15 is 0 Å². The summed E-state index contributed by atoms with van der Waals surface area (Å²) in [7, 11) is 0. The molecule has 22 heavy (non-hydrogen) atoms. The lowest BCUT2D eigenvalue weighted by Gasteiger charge is -2.22. The second-order valence-corrected chi connectivity index (χ2v) is 6.74. The monoisotopic (exact) mass is 304 g/mol. The van der Waals surface area contributed by atoms with Crippen LogP contribution in [-0.2, 0) is 4.79 Å². The standard InChI is InChI=1S/C20H32O2/c1-7-17(9-10-18(21)8-2)19-12-15(5)11-16(6)20(19)22-13-14(3)4/h11-12,14,17H,7-10,13H2,1-6H3. The first-order valence-electron chi connectivity index (χ1n) is 8.64. The molecule has 0 N–H and O–H groups in total. The highest BCUT2D eigenvalue weighted by molar-refractivity contribution is 5.78. The molecule has 1 aromatic rings. The Morgan fingerprint density at radius 2 is 1.86 bits per heavy atom. The molecule has 124 valence electrons. The predicted octanol–water partition coefficient (Wildman–Crippen LogP) is 5.59. The van der Waals surface area contributed by atoms with E-state index < -0.39 is 0 Å². The Kier molecular flexibility index (Phi) is 7.64. The molecule has 2 heteroatoms. The number of carbonyl (C=O) groups excluding carboxylic acids is 1. The van der Waals surface area contributed by atoms with Gasteiger partial charge in [-0.3, -0.25) is 4.79 Å². The van der Waals surface area contributed by atoms with E-state index in [4.69, 9.17) is 4.74 Å². The first-order valence-corrected chi connectivity index (χ1v) is 8.64. The number of hydrogen-bond donors (Lipinski definition) is 0. The van der Waals surface area contributed by atoms with Gasteiger partial charge in [0.15, 0.2) is 0 Å². The highest BCUT2D eigenvalue weighted by Gasteiger charge is 2.18. The summed E-state index contributed by atoms with van der Waals surface area (Å²) in [4.78, 5) is 11.7. The summed E-state index contributed by atoms with van der Waals surface area (Å²) in [6, 6.07) is 4.43. The molecule has 0 spiro atoms. The Hall–Kier alpha value is -1.31. The van der Waals surface area contributed by atoms with Gasteiger partial charge in [0.25, 0.3) is 0 Å². The number of ether oxygens (including phenoxy) is 1. The van der Waals surface area contributed by atoms with Gasteiger partial charge in [0.05, 0.1) is 6.61 Å². The maximum absolute atomic E-state index is 11.7. The van der Waals surface area contributed by atoms with Gasteiger partial charge in [0.1, 0.15) is 11.5 Å². The van der Waals surface area contributed by atoms with Gasteiger partial charge in [-0.1, -0.05) is 45.4 Å². The minimum atomic E-state index is 0.354. The van der Waals surface area contributed by atoms with E-state index in [1.54, 1.807) is 0 Å². The maximum Gasteiger partial charge on any atom is 0.132 e. The number of hydrogen-bond acceptors (Lipinski definition) is 2. The van der Waals surface area contributed by atoms with Crippen LogP contribution in [0.4, 0.5) is 0 Å². The molecule has 0 radical (unpaired) electrons. The summed E-state index contributed by atoms with van der Waals surface area (Å²) in [6.07, 6.45) is 3.27. The molecule has 1 atom stereocenters. The van der Waals surface area contributed by atoms with E-state index in [9.17, 15) is 4.79 Å². The Bertz CT molecular complexity index is 489. The van der Waals surface area contributed by atoms with Gasteiger partial charge >= 0.3 is 0 Å². The van der Waals surface area contributed by atoms with Crippen molar-refractivity contribution in [1.82, 2.24) is 0 Å². The lowest BCUT2D eigenvalue weighted by Crippen LogP contribution is -2.10. The largest absolute Gasteiger partial charge is 0.493 e. The van der Waals surface area contributed by atoms with Gasteiger partial charge in [-0.15, -0.1) is 0 Å². The molecule has 1 aromatic carbocycles. The Morgan fingerprint density at radius 1 is 1.18 bits per heavy atom. The van der Waals surface area contributed by atoms with E-state index in [0.29, 0.717) is 30.5 Å². The molecule has 0 aromatic heterocycles. The Morgan fingerprint density at radius 3 is 2.41 bits per heavy atom. The van der Waals surface area contributed by atoms with Gasteiger partial charge in [-0.2, -0.15) is 0 Å². The van der Waals surface area contributed by atoms with E-state index in [-0.39, 0.29) is 0 Å². The fraction of sp³-hybridized carbons (Fsp3) is 0.650. The highest BCUT2D eigenvalue weighted by atomic mass is 16.5. The number of ketones is 1. The van der Waals surface area contributed by atoms with E-state index in [0.717, 1.165) is 25.2 Å². The van der Waals surface area contributed by atoms with Crippen molar-refractivity contribution >= 4 is 5.78 Å². The third-order valence-electron chi connectivity index (χ3n) is 4.11. The number of carbonyl (C=O) groups is 1. The van der Waals surface area contributed by atoms with E-state index in [2.05, 4.69) is 46.8 Å². The zero-order valence-corrected chi connectivity index (χ0v) is 15.2. The third kappa shape index (κ3) is 5.47. The molecular formula is C20H32O2. The average Bonchev–Trinajstić information content (AvgIpc) is 2.46. The molecule has 0 aliphatic heterocycles. The zero-order valence-electron chi connectivity index (χ0n) is 15.2. The van der Waals surface area contributed by atoms with Crippen molar-refractivity contribution in [3.63, 3.8) is 0 Å². The quantitative estimate of drug-likeness (QED) is 0.594. The zero-order chi connectivity index (χ0) is 16.7. The van der Waals surface area contributed by atoms with Crippen molar-refractivity contribution in [1.29, 1.82) is 0 Å². The fourth-order valence-electron chi connectivity index (χ4n) is 2.83. The minimum absolute atomic E-state index is 0.354. The minimum Gasteiger partial charge on any atom is -0.493 e. The molecule has 1 rings (SSSR count). The number of aryl methyl sites for hydroxylation is 2. The van der Waals surface area contributed by atoms with Crippen molar-refractivity contribution in [3.8, 4) is 5.75 Å². The van der Waals surface area contributed by atoms with Crippen LogP contribution >= 0.6 is 0 Å². The molecule has 1 unspecified atom stereocenters. The molecule has 0 aliphatic rings. The molecule has 0 saturated carbocycles. The smallest absolute Gasteiger partial charge is 0.132 e. The number of rotatable bonds is 9. The summed E-state index contributed by atoms with van der Waals surface area (Å²) in [5.41, 5.74) is 3.75. The second kappa shape index (κ2) is 8.97. The highest BCUT2D eigenvalue weighted by Crippen LogP contribution is 2.36. The fourth-order valence-corrected chi connectivity index (χ4v) is 2.83. The summed E-state index contributed by atoms with van der Waals surface area (Å²) in [6.45, 7) is 13.5. The third-order valence-corrected chi connectivity index (χ3v) is 4.11. The van der Waals surface area contributed by atoms with Crippen molar-refractivity contribution < 1.29 is 9.53 Å². The Balaban J connectivity index is 3.04. The lowest BCUT2D eigenvalue weighted by atomic mass is 9.88. The van der Waals surface area contributed by atoms with Crippen LogP contribution in [0.25, 0.3) is 0 Å². The summed E-state index contributed by atoms with van der Waals surface area (Å²) < 4.78 is 6.12.